The third-order valence-electron chi connectivity index (χ3n) is 4.75. The predicted octanol–water partition coefficient (Wildman–Crippen LogP) is 1.45. The molecule has 3 heterocycles. The number of pyridine rings is 1. The van der Waals surface area contributed by atoms with Crippen LogP contribution in [0.4, 0.5) is 0 Å². The zero-order valence-electron chi connectivity index (χ0n) is 14.1. The number of aromatic nitrogens is 3. The summed E-state index contributed by atoms with van der Waals surface area (Å²) in [5, 5.41) is 20.9. The molecule has 1 aliphatic heterocycles. The summed E-state index contributed by atoms with van der Waals surface area (Å²) in [4.78, 5) is 10.6. The van der Waals surface area contributed by atoms with E-state index in [0.717, 1.165) is 19.0 Å². The largest absolute Gasteiger partial charge is 0.390 e. The monoisotopic (exact) mass is 330 g/mol. The van der Waals surface area contributed by atoms with Crippen LogP contribution in [0.15, 0.2) is 36.9 Å². The quantitative estimate of drug-likeness (QED) is 0.839. The van der Waals surface area contributed by atoms with Gasteiger partial charge in [-0.05, 0) is 37.9 Å². The molecule has 1 fully saturated rings. The van der Waals surface area contributed by atoms with Gasteiger partial charge in [-0.2, -0.15) is 0 Å². The summed E-state index contributed by atoms with van der Waals surface area (Å²) < 4.78 is 1.83. The van der Waals surface area contributed by atoms with E-state index in [9.17, 15) is 10.2 Å². The third kappa shape index (κ3) is 4.20. The van der Waals surface area contributed by atoms with Gasteiger partial charge in [0.25, 0.3) is 0 Å². The van der Waals surface area contributed by atoms with Crippen LogP contribution in [-0.2, 0) is 6.54 Å². The highest BCUT2D eigenvalue weighted by atomic mass is 16.3. The fourth-order valence-electron chi connectivity index (χ4n) is 3.24. The average Bonchev–Trinajstić information content (AvgIpc) is 3.05. The lowest BCUT2D eigenvalue weighted by atomic mass is 9.99. The highest BCUT2D eigenvalue weighted by Gasteiger charge is 2.21. The van der Waals surface area contributed by atoms with Gasteiger partial charge in [0, 0.05) is 36.9 Å². The number of nitrogens with zero attached hydrogens (tertiary/aromatic N) is 4. The Morgan fingerprint density at radius 3 is 2.71 bits per heavy atom. The van der Waals surface area contributed by atoms with Crippen LogP contribution in [0.25, 0.3) is 0 Å². The third-order valence-corrected chi connectivity index (χ3v) is 4.75. The van der Waals surface area contributed by atoms with Crippen molar-refractivity contribution in [3.63, 3.8) is 0 Å². The lowest BCUT2D eigenvalue weighted by Crippen LogP contribution is -2.39. The Labute approximate surface area is 142 Å². The van der Waals surface area contributed by atoms with Crippen LogP contribution in [0.3, 0.4) is 0 Å². The zero-order chi connectivity index (χ0) is 16.9. The minimum Gasteiger partial charge on any atom is -0.390 e. The molecule has 24 heavy (non-hydrogen) atoms. The van der Waals surface area contributed by atoms with Crippen molar-refractivity contribution in [1.29, 1.82) is 0 Å². The molecular formula is C18H26N4O2. The average molecular weight is 330 g/mol. The van der Waals surface area contributed by atoms with Gasteiger partial charge in [-0.1, -0.05) is 13.0 Å². The maximum atomic E-state index is 10.5. The topological polar surface area (TPSA) is 74.4 Å². The van der Waals surface area contributed by atoms with E-state index in [1.165, 1.54) is 12.8 Å². The van der Waals surface area contributed by atoms with Gasteiger partial charge in [0.05, 0.1) is 12.6 Å². The molecule has 0 spiro atoms. The molecule has 0 amide bonds. The minimum absolute atomic E-state index is 0.429. The number of hydrogen-bond donors (Lipinski definition) is 2. The van der Waals surface area contributed by atoms with Crippen molar-refractivity contribution >= 4 is 0 Å². The summed E-state index contributed by atoms with van der Waals surface area (Å²) in [7, 11) is 0. The van der Waals surface area contributed by atoms with Crippen LogP contribution in [0.2, 0.25) is 0 Å². The molecule has 6 heteroatoms. The van der Waals surface area contributed by atoms with Gasteiger partial charge < -0.3 is 19.7 Å². The second-order valence-corrected chi connectivity index (χ2v) is 6.76. The minimum atomic E-state index is -0.836. The number of aliphatic hydroxyl groups is 2. The second-order valence-electron chi connectivity index (χ2n) is 6.76. The molecule has 0 saturated carbocycles. The molecule has 0 radical (unpaired) electrons. The first-order valence-corrected chi connectivity index (χ1v) is 8.63. The lowest BCUT2D eigenvalue weighted by Gasteiger charge is -2.31. The van der Waals surface area contributed by atoms with Gasteiger partial charge in [0.15, 0.2) is 0 Å². The molecule has 3 rings (SSSR count). The van der Waals surface area contributed by atoms with E-state index in [1.807, 2.05) is 10.6 Å². The van der Waals surface area contributed by atoms with E-state index in [4.69, 9.17) is 0 Å². The Morgan fingerprint density at radius 1 is 1.21 bits per heavy atom. The molecular weight excluding hydrogens is 304 g/mol. The first kappa shape index (κ1) is 17.1. The van der Waals surface area contributed by atoms with Crippen molar-refractivity contribution in [1.82, 2.24) is 19.4 Å². The van der Waals surface area contributed by atoms with E-state index < -0.39 is 12.2 Å². The maximum absolute atomic E-state index is 10.5. The highest BCUT2D eigenvalue weighted by molar-refractivity contribution is 5.19. The van der Waals surface area contributed by atoms with E-state index in [2.05, 4.69) is 21.8 Å². The summed E-state index contributed by atoms with van der Waals surface area (Å²) in [6, 6.07) is 3.61. The van der Waals surface area contributed by atoms with Crippen LogP contribution < -0.4 is 0 Å². The maximum Gasteiger partial charge on any atom is 0.142 e. The summed E-state index contributed by atoms with van der Waals surface area (Å²) in [6.07, 6.45) is 7.84. The van der Waals surface area contributed by atoms with E-state index in [0.29, 0.717) is 24.5 Å². The van der Waals surface area contributed by atoms with Gasteiger partial charge in [0.2, 0.25) is 0 Å². The normalized spacial score (nSPS) is 19.3. The van der Waals surface area contributed by atoms with Gasteiger partial charge >= 0.3 is 0 Å². The van der Waals surface area contributed by atoms with Crippen molar-refractivity contribution < 1.29 is 10.2 Å². The SMILES string of the molecule is CC1CCN(C[C@@H](O)Cn2ccnc2[C@H](O)c2cccnc2)CC1. The van der Waals surface area contributed by atoms with E-state index in [-0.39, 0.29) is 0 Å². The zero-order valence-corrected chi connectivity index (χ0v) is 14.1. The number of aliphatic hydroxyl groups excluding tert-OH is 2. The molecule has 2 aromatic heterocycles. The molecule has 0 unspecified atom stereocenters. The highest BCUT2D eigenvalue weighted by Crippen LogP contribution is 2.20. The van der Waals surface area contributed by atoms with Gasteiger partial charge in [-0.3, -0.25) is 4.98 Å². The van der Waals surface area contributed by atoms with E-state index in [1.54, 1.807) is 30.9 Å². The Bertz CT molecular complexity index is 623. The molecule has 2 N–H and O–H groups in total. The van der Waals surface area contributed by atoms with Crippen LogP contribution in [0.5, 0.6) is 0 Å². The molecule has 130 valence electrons. The molecule has 0 aliphatic carbocycles. The standard InChI is InChI=1S/C18H26N4O2/c1-14-4-8-21(9-5-14)12-16(23)13-22-10-7-20-18(22)17(24)15-3-2-6-19-11-15/h2-3,6-7,10-11,14,16-17,23-24H,4-5,8-9,12-13H2,1H3/t16-,17-/m1/s1. The Morgan fingerprint density at radius 2 is 2.00 bits per heavy atom. The molecule has 1 saturated heterocycles. The molecule has 1 aliphatic rings. The Hall–Kier alpha value is -1.76. The summed E-state index contributed by atoms with van der Waals surface area (Å²) in [6.45, 7) is 5.47. The van der Waals surface area contributed by atoms with E-state index >= 15 is 0 Å². The summed E-state index contributed by atoms with van der Waals surface area (Å²) in [5.41, 5.74) is 0.699. The number of piperidine rings is 1. The molecule has 6 nitrogen and oxygen atoms in total. The van der Waals surface area contributed by atoms with Crippen LogP contribution in [0, 0.1) is 5.92 Å². The van der Waals surface area contributed by atoms with Gasteiger partial charge in [0.1, 0.15) is 11.9 Å². The fourth-order valence-corrected chi connectivity index (χ4v) is 3.24. The Kier molecular flexibility index (Phi) is 5.60. The number of β-amino-alcohol motifs (C(OH)–C–C–N with tert-alkyl or cyclic N) is 1. The van der Waals surface area contributed by atoms with Gasteiger partial charge in [-0.25, -0.2) is 4.98 Å². The van der Waals surface area contributed by atoms with Crippen molar-refractivity contribution in [2.45, 2.75) is 38.5 Å². The smallest absolute Gasteiger partial charge is 0.142 e. The van der Waals surface area contributed by atoms with Crippen LogP contribution >= 0.6 is 0 Å². The van der Waals surface area contributed by atoms with Crippen molar-refractivity contribution in [2.24, 2.45) is 5.92 Å². The lowest BCUT2D eigenvalue weighted by molar-refractivity contribution is 0.0778. The second kappa shape index (κ2) is 7.88. The number of likely N-dealkylation sites (tertiary alicyclic amines) is 1. The van der Waals surface area contributed by atoms with Crippen LogP contribution in [-0.4, -0.2) is 55.4 Å². The summed E-state index contributed by atoms with van der Waals surface area (Å²) in [5.74, 6) is 1.32. The van der Waals surface area contributed by atoms with Crippen molar-refractivity contribution in [2.75, 3.05) is 19.6 Å². The first-order valence-electron chi connectivity index (χ1n) is 8.63. The van der Waals surface area contributed by atoms with Crippen molar-refractivity contribution in [3.05, 3.63) is 48.3 Å². The summed E-state index contributed by atoms with van der Waals surface area (Å²) >= 11 is 0. The number of hydrogen-bond acceptors (Lipinski definition) is 5. The first-order chi connectivity index (χ1) is 11.6. The Balaban J connectivity index is 1.61. The molecule has 0 aromatic carbocycles. The number of imidazole rings is 1. The molecule has 2 atom stereocenters. The predicted molar refractivity (Wildman–Crippen MR) is 91.4 cm³/mol. The van der Waals surface area contributed by atoms with Crippen LogP contribution in [0.1, 0.15) is 37.3 Å². The van der Waals surface area contributed by atoms with Crippen molar-refractivity contribution in [3.8, 4) is 0 Å². The molecule has 0 bridgehead atoms. The van der Waals surface area contributed by atoms with Gasteiger partial charge in [-0.15, -0.1) is 0 Å². The number of rotatable bonds is 6. The fraction of sp³-hybridized carbons (Fsp3) is 0.556. The molecule has 2 aromatic rings.